The van der Waals surface area contributed by atoms with Crippen molar-refractivity contribution in [3.63, 3.8) is 0 Å². The second kappa shape index (κ2) is 5.21. The molecule has 2 N–H and O–H groups in total. The minimum Gasteiger partial charge on any atom is -0.328 e. The topological polar surface area (TPSA) is 43.8 Å². The van der Waals surface area contributed by atoms with Crippen molar-refractivity contribution in [3.05, 3.63) is 30.1 Å². The molecule has 108 valence electrons. The van der Waals surface area contributed by atoms with Crippen molar-refractivity contribution in [1.82, 2.24) is 9.55 Å². The quantitative estimate of drug-likeness (QED) is 0.928. The summed E-state index contributed by atoms with van der Waals surface area (Å²) in [6.07, 6.45) is 5.66. The van der Waals surface area contributed by atoms with Crippen LogP contribution in [0, 0.1) is 5.92 Å². The summed E-state index contributed by atoms with van der Waals surface area (Å²) in [6.45, 7) is 5.48. The molecule has 3 nitrogen and oxygen atoms in total. The first-order valence-corrected chi connectivity index (χ1v) is 7.84. The maximum Gasteiger partial charge on any atom is 0.111 e. The Morgan fingerprint density at radius 2 is 2.00 bits per heavy atom. The SMILES string of the molecule is CCn1c(CC2(N)CCC(C)CC2)nc2ccccc21. The van der Waals surface area contributed by atoms with Crippen LogP contribution in [0.25, 0.3) is 11.0 Å². The lowest BCUT2D eigenvalue weighted by Gasteiger charge is -2.36. The van der Waals surface area contributed by atoms with Crippen molar-refractivity contribution in [1.29, 1.82) is 0 Å². The van der Waals surface area contributed by atoms with Gasteiger partial charge < -0.3 is 10.3 Å². The normalized spacial score (nSPS) is 27.1. The number of imidazole rings is 1. The highest BCUT2D eigenvalue weighted by molar-refractivity contribution is 5.75. The summed E-state index contributed by atoms with van der Waals surface area (Å²) in [5.41, 5.74) is 8.92. The fraction of sp³-hybridized carbons (Fsp3) is 0.588. The van der Waals surface area contributed by atoms with Gasteiger partial charge in [0.05, 0.1) is 11.0 Å². The summed E-state index contributed by atoms with van der Waals surface area (Å²) in [6, 6.07) is 8.39. The number of hydrogen-bond donors (Lipinski definition) is 1. The molecule has 0 unspecified atom stereocenters. The molecule has 3 rings (SSSR count). The van der Waals surface area contributed by atoms with E-state index < -0.39 is 0 Å². The highest BCUT2D eigenvalue weighted by Crippen LogP contribution is 2.33. The number of aromatic nitrogens is 2. The van der Waals surface area contributed by atoms with E-state index in [0.29, 0.717) is 0 Å². The van der Waals surface area contributed by atoms with Gasteiger partial charge in [-0.05, 0) is 50.7 Å². The van der Waals surface area contributed by atoms with Gasteiger partial charge in [0, 0.05) is 18.5 Å². The molecule has 3 heteroatoms. The van der Waals surface area contributed by atoms with E-state index in [1.54, 1.807) is 0 Å². The standard InChI is InChI=1S/C17H25N3/c1-3-20-15-7-5-4-6-14(15)19-16(20)12-17(18)10-8-13(2)9-11-17/h4-7,13H,3,8-12,18H2,1-2H3. The molecule has 1 aliphatic rings. The van der Waals surface area contributed by atoms with Gasteiger partial charge in [0.2, 0.25) is 0 Å². The van der Waals surface area contributed by atoms with E-state index in [0.717, 1.165) is 43.1 Å². The van der Waals surface area contributed by atoms with Gasteiger partial charge in [-0.1, -0.05) is 19.1 Å². The van der Waals surface area contributed by atoms with E-state index in [1.807, 2.05) is 0 Å². The Kier molecular flexibility index (Phi) is 3.55. The van der Waals surface area contributed by atoms with Crippen molar-refractivity contribution >= 4 is 11.0 Å². The van der Waals surface area contributed by atoms with E-state index in [2.05, 4.69) is 42.7 Å². The minimum absolute atomic E-state index is 0.0548. The summed E-state index contributed by atoms with van der Waals surface area (Å²) < 4.78 is 2.32. The summed E-state index contributed by atoms with van der Waals surface area (Å²) in [5, 5.41) is 0. The number of fused-ring (bicyclic) bond motifs is 1. The number of nitrogens with two attached hydrogens (primary N) is 1. The zero-order chi connectivity index (χ0) is 14.2. The van der Waals surface area contributed by atoms with E-state index in [1.165, 1.54) is 18.4 Å². The highest BCUT2D eigenvalue weighted by Gasteiger charge is 2.32. The molecule has 0 bridgehead atoms. The van der Waals surface area contributed by atoms with Gasteiger partial charge in [-0.2, -0.15) is 0 Å². The number of benzene rings is 1. The number of para-hydroxylation sites is 2. The molecule has 0 radical (unpaired) electrons. The van der Waals surface area contributed by atoms with Gasteiger partial charge in [-0.25, -0.2) is 4.98 Å². The zero-order valence-electron chi connectivity index (χ0n) is 12.6. The van der Waals surface area contributed by atoms with Gasteiger partial charge in [0.1, 0.15) is 5.82 Å². The Morgan fingerprint density at radius 3 is 2.70 bits per heavy atom. The van der Waals surface area contributed by atoms with Crippen LogP contribution in [-0.2, 0) is 13.0 Å². The van der Waals surface area contributed by atoms with Crippen LogP contribution in [0.15, 0.2) is 24.3 Å². The van der Waals surface area contributed by atoms with E-state index in [-0.39, 0.29) is 5.54 Å². The lowest BCUT2D eigenvalue weighted by atomic mass is 9.76. The van der Waals surface area contributed by atoms with Gasteiger partial charge in [-0.3, -0.25) is 0 Å². The molecule has 1 aromatic heterocycles. The number of nitrogens with zero attached hydrogens (tertiary/aromatic N) is 2. The summed E-state index contributed by atoms with van der Waals surface area (Å²) in [4.78, 5) is 4.82. The van der Waals surface area contributed by atoms with Crippen molar-refractivity contribution < 1.29 is 0 Å². The maximum atomic E-state index is 6.65. The van der Waals surface area contributed by atoms with Gasteiger partial charge >= 0.3 is 0 Å². The van der Waals surface area contributed by atoms with E-state index in [9.17, 15) is 0 Å². The first-order valence-electron chi connectivity index (χ1n) is 7.84. The van der Waals surface area contributed by atoms with Gasteiger partial charge in [-0.15, -0.1) is 0 Å². The van der Waals surface area contributed by atoms with Crippen LogP contribution in [-0.4, -0.2) is 15.1 Å². The largest absolute Gasteiger partial charge is 0.328 e. The van der Waals surface area contributed by atoms with Crippen molar-refractivity contribution in [3.8, 4) is 0 Å². The number of rotatable bonds is 3. The second-order valence-corrected chi connectivity index (χ2v) is 6.48. The Bertz CT molecular complexity index is 591. The molecule has 1 aromatic carbocycles. The molecule has 1 aliphatic carbocycles. The molecule has 0 aliphatic heterocycles. The van der Waals surface area contributed by atoms with E-state index in [4.69, 9.17) is 10.7 Å². The Labute approximate surface area is 121 Å². The van der Waals surface area contributed by atoms with Gasteiger partial charge in [0.15, 0.2) is 0 Å². The predicted molar refractivity (Wildman–Crippen MR) is 83.7 cm³/mol. The number of hydrogen-bond acceptors (Lipinski definition) is 2. The third-order valence-corrected chi connectivity index (χ3v) is 4.83. The fourth-order valence-corrected chi connectivity index (χ4v) is 3.44. The average Bonchev–Trinajstić information content (AvgIpc) is 2.79. The molecule has 1 fully saturated rings. The maximum absolute atomic E-state index is 6.65. The predicted octanol–water partition coefficient (Wildman–Crippen LogP) is 3.51. The number of aryl methyl sites for hydroxylation is 1. The van der Waals surface area contributed by atoms with Crippen LogP contribution < -0.4 is 5.73 Å². The smallest absolute Gasteiger partial charge is 0.111 e. The monoisotopic (exact) mass is 271 g/mol. The molecule has 2 aromatic rings. The van der Waals surface area contributed by atoms with Crippen LogP contribution in [0.1, 0.15) is 45.4 Å². The lowest BCUT2D eigenvalue weighted by Crippen LogP contribution is -2.45. The molecule has 1 heterocycles. The van der Waals surface area contributed by atoms with Crippen molar-refractivity contribution in [2.75, 3.05) is 0 Å². The Hall–Kier alpha value is -1.35. The Morgan fingerprint density at radius 1 is 1.30 bits per heavy atom. The molecular formula is C17H25N3. The zero-order valence-corrected chi connectivity index (χ0v) is 12.6. The third kappa shape index (κ3) is 2.47. The lowest BCUT2D eigenvalue weighted by molar-refractivity contribution is 0.239. The first kappa shape index (κ1) is 13.6. The molecule has 0 saturated heterocycles. The van der Waals surface area contributed by atoms with Crippen LogP contribution in [0.2, 0.25) is 0 Å². The minimum atomic E-state index is -0.0548. The van der Waals surface area contributed by atoms with Crippen LogP contribution >= 0.6 is 0 Å². The van der Waals surface area contributed by atoms with Crippen LogP contribution in [0.4, 0.5) is 0 Å². The molecular weight excluding hydrogens is 246 g/mol. The summed E-state index contributed by atoms with van der Waals surface area (Å²) >= 11 is 0. The molecule has 0 atom stereocenters. The Balaban J connectivity index is 1.90. The molecule has 0 spiro atoms. The summed E-state index contributed by atoms with van der Waals surface area (Å²) in [7, 11) is 0. The van der Waals surface area contributed by atoms with Crippen LogP contribution in [0.3, 0.4) is 0 Å². The molecule has 20 heavy (non-hydrogen) atoms. The molecule has 1 saturated carbocycles. The average molecular weight is 271 g/mol. The third-order valence-electron chi connectivity index (χ3n) is 4.83. The second-order valence-electron chi connectivity index (χ2n) is 6.48. The van der Waals surface area contributed by atoms with E-state index >= 15 is 0 Å². The van der Waals surface area contributed by atoms with Crippen LogP contribution in [0.5, 0.6) is 0 Å². The van der Waals surface area contributed by atoms with Crippen molar-refractivity contribution in [2.45, 2.75) is 58.0 Å². The first-order chi connectivity index (χ1) is 9.61. The highest BCUT2D eigenvalue weighted by atomic mass is 15.1. The van der Waals surface area contributed by atoms with Gasteiger partial charge in [0.25, 0.3) is 0 Å². The molecule has 0 amide bonds. The summed E-state index contributed by atoms with van der Waals surface area (Å²) in [5.74, 6) is 1.99. The fourth-order valence-electron chi connectivity index (χ4n) is 3.44. The van der Waals surface area contributed by atoms with Crippen molar-refractivity contribution in [2.24, 2.45) is 11.7 Å².